The average molecular weight is 306 g/mol. The normalized spacial score (nSPS) is 11.0. The molecule has 1 aromatic carbocycles. The first kappa shape index (κ1) is 15.3. The minimum atomic E-state index is -0.277. The van der Waals surface area contributed by atoms with Gasteiger partial charge in [-0.15, -0.1) is 0 Å². The molecule has 0 spiro atoms. The monoisotopic (exact) mass is 305 g/mol. The number of carbonyl (C=O) groups is 1. The predicted molar refractivity (Wildman–Crippen MR) is 82.1 cm³/mol. The van der Waals surface area contributed by atoms with Crippen LogP contribution in [0.4, 0.5) is 0 Å². The third-order valence-electron chi connectivity index (χ3n) is 3.03. The number of halogens is 1. The van der Waals surface area contributed by atoms with Crippen molar-refractivity contribution in [1.29, 1.82) is 0 Å². The average Bonchev–Trinajstić information content (AvgIpc) is 2.79. The van der Waals surface area contributed by atoms with Crippen LogP contribution in [0.15, 0.2) is 36.4 Å². The number of carbonyl (C=O) groups excluding carboxylic acids is 1. The lowest BCUT2D eigenvalue weighted by Gasteiger charge is -2.09. The second-order valence-corrected chi connectivity index (χ2v) is 4.75. The molecule has 110 valence electrons. The van der Waals surface area contributed by atoms with E-state index in [1.54, 1.807) is 10.8 Å². The fraction of sp³-hybridized carbons (Fsp3) is 0.200. The second kappa shape index (κ2) is 6.56. The van der Waals surface area contributed by atoms with Crippen molar-refractivity contribution in [2.24, 2.45) is 0 Å². The molecule has 0 unspecified atom stereocenters. The third-order valence-corrected chi connectivity index (χ3v) is 3.39. The fourth-order valence-electron chi connectivity index (χ4n) is 1.79. The molecule has 21 heavy (non-hydrogen) atoms. The van der Waals surface area contributed by atoms with Crippen LogP contribution in [0.2, 0.25) is 5.15 Å². The number of amides is 1. The maximum atomic E-state index is 11.7. The van der Waals surface area contributed by atoms with Crippen LogP contribution in [-0.4, -0.2) is 34.9 Å². The van der Waals surface area contributed by atoms with Crippen molar-refractivity contribution in [3.8, 4) is 5.69 Å². The lowest BCUT2D eigenvalue weighted by atomic mass is 10.2. The topological polar surface area (TPSA) is 47.4 Å². The maximum Gasteiger partial charge on any atom is 0.269 e. The first-order chi connectivity index (χ1) is 10.0. The number of hydroxylamine groups is 2. The Kier molecular flexibility index (Phi) is 4.77. The summed E-state index contributed by atoms with van der Waals surface area (Å²) in [5, 5.41) is 5.99. The molecule has 0 saturated heterocycles. The van der Waals surface area contributed by atoms with Gasteiger partial charge < -0.3 is 0 Å². The molecule has 0 N–H and O–H groups in total. The molecular formula is C15H16ClN3O2. The van der Waals surface area contributed by atoms with Crippen LogP contribution in [0.5, 0.6) is 0 Å². The van der Waals surface area contributed by atoms with E-state index in [0.29, 0.717) is 10.7 Å². The molecule has 0 aliphatic rings. The van der Waals surface area contributed by atoms with Gasteiger partial charge in [-0.25, -0.2) is 9.75 Å². The molecule has 1 amide bonds. The summed E-state index contributed by atoms with van der Waals surface area (Å²) in [5.41, 5.74) is 2.32. The summed E-state index contributed by atoms with van der Waals surface area (Å²) in [5.74, 6) is -0.277. The number of hydrogen-bond acceptors (Lipinski definition) is 3. The highest BCUT2D eigenvalue weighted by Crippen LogP contribution is 2.24. The molecule has 0 atom stereocenters. The van der Waals surface area contributed by atoms with Gasteiger partial charge in [-0.05, 0) is 25.1 Å². The van der Waals surface area contributed by atoms with Crippen LogP contribution in [0.3, 0.4) is 0 Å². The summed E-state index contributed by atoms with van der Waals surface area (Å²) in [6, 6.07) is 9.57. The van der Waals surface area contributed by atoms with Gasteiger partial charge in [0.15, 0.2) is 0 Å². The lowest BCUT2D eigenvalue weighted by Crippen LogP contribution is -2.22. The highest BCUT2D eigenvalue weighted by Gasteiger charge is 2.13. The smallest absolute Gasteiger partial charge is 0.269 e. The Morgan fingerprint density at radius 1 is 1.38 bits per heavy atom. The van der Waals surface area contributed by atoms with E-state index in [1.807, 2.05) is 37.3 Å². The van der Waals surface area contributed by atoms with E-state index in [-0.39, 0.29) is 5.91 Å². The number of hydrogen-bond donors (Lipinski definition) is 0. The summed E-state index contributed by atoms with van der Waals surface area (Å²) in [4.78, 5) is 16.5. The summed E-state index contributed by atoms with van der Waals surface area (Å²) in [7, 11) is 2.96. The number of rotatable bonds is 4. The molecule has 2 rings (SSSR count). The highest BCUT2D eigenvalue weighted by molar-refractivity contribution is 6.31. The van der Waals surface area contributed by atoms with Gasteiger partial charge in [0.1, 0.15) is 5.15 Å². The van der Waals surface area contributed by atoms with Crippen LogP contribution in [0.1, 0.15) is 11.3 Å². The molecular weight excluding hydrogens is 290 g/mol. The van der Waals surface area contributed by atoms with E-state index in [2.05, 4.69) is 5.10 Å². The number of nitrogens with zero attached hydrogens (tertiary/aromatic N) is 3. The van der Waals surface area contributed by atoms with E-state index in [4.69, 9.17) is 16.4 Å². The Hall–Kier alpha value is -2.11. The van der Waals surface area contributed by atoms with Gasteiger partial charge in [-0.2, -0.15) is 5.10 Å². The zero-order valence-corrected chi connectivity index (χ0v) is 12.8. The van der Waals surface area contributed by atoms with Crippen molar-refractivity contribution >= 4 is 23.6 Å². The quantitative estimate of drug-likeness (QED) is 0.644. The van der Waals surface area contributed by atoms with E-state index in [0.717, 1.165) is 16.4 Å². The van der Waals surface area contributed by atoms with Crippen molar-refractivity contribution < 1.29 is 9.63 Å². The molecule has 0 aliphatic heterocycles. The number of aromatic nitrogens is 2. The molecule has 0 fully saturated rings. The van der Waals surface area contributed by atoms with Gasteiger partial charge in [0.25, 0.3) is 5.91 Å². The SMILES string of the molecule is CON(C)C(=O)/C=C/c1c(C)nn(-c2ccccc2)c1Cl. The van der Waals surface area contributed by atoms with E-state index in [1.165, 1.54) is 20.2 Å². The lowest BCUT2D eigenvalue weighted by molar-refractivity contribution is -0.162. The van der Waals surface area contributed by atoms with Gasteiger partial charge in [-0.1, -0.05) is 29.8 Å². The molecule has 2 aromatic rings. The Balaban J connectivity index is 2.33. The summed E-state index contributed by atoms with van der Waals surface area (Å²) in [6.45, 7) is 1.84. The molecule has 0 saturated carbocycles. The first-order valence-corrected chi connectivity index (χ1v) is 6.72. The minimum absolute atomic E-state index is 0.277. The minimum Gasteiger partial charge on any atom is -0.274 e. The zero-order chi connectivity index (χ0) is 15.4. The zero-order valence-electron chi connectivity index (χ0n) is 12.1. The van der Waals surface area contributed by atoms with Gasteiger partial charge in [0, 0.05) is 18.7 Å². The summed E-state index contributed by atoms with van der Waals surface area (Å²) in [6.07, 6.45) is 3.04. The van der Waals surface area contributed by atoms with Crippen molar-refractivity contribution in [3.05, 3.63) is 52.8 Å². The van der Waals surface area contributed by atoms with Crippen LogP contribution >= 0.6 is 11.6 Å². The van der Waals surface area contributed by atoms with Crippen molar-refractivity contribution in [1.82, 2.24) is 14.8 Å². The standard InChI is InChI=1S/C15H16ClN3O2/c1-11-13(9-10-14(20)18(2)21-3)15(16)19(17-11)12-7-5-4-6-8-12/h4-10H,1-3H3/b10-9+. The van der Waals surface area contributed by atoms with Crippen LogP contribution in [0, 0.1) is 6.92 Å². The third kappa shape index (κ3) is 3.32. The Labute approximate surface area is 128 Å². The molecule has 1 heterocycles. The Morgan fingerprint density at radius 2 is 2.05 bits per heavy atom. The first-order valence-electron chi connectivity index (χ1n) is 6.35. The van der Waals surface area contributed by atoms with Gasteiger partial charge in [0.2, 0.25) is 0 Å². The fourth-order valence-corrected chi connectivity index (χ4v) is 2.13. The maximum absolute atomic E-state index is 11.7. The molecule has 0 aliphatic carbocycles. The van der Waals surface area contributed by atoms with Crippen molar-refractivity contribution in [2.45, 2.75) is 6.92 Å². The highest BCUT2D eigenvalue weighted by atomic mass is 35.5. The van der Waals surface area contributed by atoms with Crippen LogP contribution in [-0.2, 0) is 9.63 Å². The van der Waals surface area contributed by atoms with E-state index < -0.39 is 0 Å². The summed E-state index contributed by atoms with van der Waals surface area (Å²) >= 11 is 6.35. The molecule has 0 radical (unpaired) electrons. The molecule has 5 nitrogen and oxygen atoms in total. The predicted octanol–water partition coefficient (Wildman–Crippen LogP) is 2.87. The van der Waals surface area contributed by atoms with Crippen LogP contribution in [0.25, 0.3) is 11.8 Å². The number of likely N-dealkylation sites (N-methyl/N-ethyl adjacent to an activating group) is 1. The number of aryl methyl sites for hydroxylation is 1. The molecule has 1 aromatic heterocycles. The van der Waals surface area contributed by atoms with E-state index >= 15 is 0 Å². The number of para-hydroxylation sites is 1. The molecule has 0 bridgehead atoms. The van der Waals surface area contributed by atoms with Gasteiger partial charge in [0.05, 0.1) is 18.5 Å². The van der Waals surface area contributed by atoms with Crippen LogP contribution < -0.4 is 0 Å². The molecule has 6 heteroatoms. The van der Waals surface area contributed by atoms with Crippen molar-refractivity contribution in [2.75, 3.05) is 14.2 Å². The second-order valence-electron chi connectivity index (χ2n) is 4.39. The van der Waals surface area contributed by atoms with E-state index in [9.17, 15) is 4.79 Å². The Morgan fingerprint density at radius 3 is 2.67 bits per heavy atom. The number of benzene rings is 1. The van der Waals surface area contributed by atoms with Gasteiger partial charge >= 0.3 is 0 Å². The summed E-state index contributed by atoms with van der Waals surface area (Å²) < 4.78 is 1.64. The van der Waals surface area contributed by atoms with Gasteiger partial charge in [-0.3, -0.25) is 9.63 Å². The van der Waals surface area contributed by atoms with Crippen molar-refractivity contribution in [3.63, 3.8) is 0 Å². The largest absolute Gasteiger partial charge is 0.274 e. The Bertz CT molecular complexity index is 665.